The molecule has 0 bridgehead atoms. The Balaban J connectivity index is 1.61. The lowest BCUT2D eigenvalue weighted by atomic mass is 9.77. The molecule has 4 atom stereocenters. The van der Waals surface area contributed by atoms with E-state index in [0.29, 0.717) is 48.8 Å². The average molecular weight is 481 g/mol. The van der Waals surface area contributed by atoms with Gasteiger partial charge in [0.15, 0.2) is 11.5 Å². The zero-order valence-corrected chi connectivity index (χ0v) is 19.7. The number of hydrogen-bond donors (Lipinski definition) is 2. The van der Waals surface area contributed by atoms with Crippen molar-refractivity contribution in [1.82, 2.24) is 5.32 Å². The first-order chi connectivity index (χ1) is 16.9. The predicted octanol–water partition coefficient (Wildman–Crippen LogP) is 2.72. The average Bonchev–Trinajstić information content (AvgIpc) is 3.34. The van der Waals surface area contributed by atoms with Crippen LogP contribution in [0.2, 0.25) is 0 Å². The minimum absolute atomic E-state index is 0.0836. The van der Waals surface area contributed by atoms with E-state index < -0.39 is 41.2 Å². The summed E-state index contributed by atoms with van der Waals surface area (Å²) in [5, 5.41) is 13.1. The molecular formula is C26H28N2O7. The topological polar surface area (TPSA) is 114 Å². The molecule has 3 aliphatic heterocycles. The van der Waals surface area contributed by atoms with Gasteiger partial charge in [-0.1, -0.05) is 25.5 Å². The molecule has 9 nitrogen and oxygen atoms in total. The third kappa shape index (κ3) is 3.61. The van der Waals surface area contributed by atoms with Crippen molar-refractivity contribution in [3.63, 3.8) is 0 Å². The van der Waals surface area contributed by atoms with E-state index in [1.165, 1.54) is 12.1 Å². The van der Waals surface area contributed by atoms with Crippen molar-refractivity contribution in [2.45, 2.75) is 38.3 Å². The Morgan fingerprint density at radius 3 is 2.49 bits per heavy atom. The van der Waals surface area contributed by atoms with Gasteiger partial charge in [0, 0.05) is 12.1 Å². The number of ether oxygens (including phenoxy) is 3. The fourth-order valence-corrected chi connectivity index (χ4v) is 5.57. The summed E-state index contributed by atoms with van der Waals surface area (Å²) in [6, 6.07) is 10.8. The molecule has 0 aromatic heterocycles. The van der Waals surface area contributed by atoms with Gasteiger partial charge in [-0.2, -0.15) is 0 Å². The molecule has 2 fully saturated rings. The van der Waals surface area contributed by atoms with Crippen LogP contribution in [-0.4, -0.2) is 48.2 Å². The first kappa shape index (κ1) is 23.2. The van der Waals surface area contributed by atoms with Crippen LogP contribution in [0, 0.1) is 11.8 Å². The van der Waals surface area contributed by atoms with E-state index in [4.69, 9.17) is 14.2 Å². The maximum Gasteiger partial charge on any atom is 0.327 e. The third-order valence-electron chi connectivity index (χ3n) is 6.97. The predicted molar refractivity (Wildman–Crippen MR) is 125 cm³/mol. The Labute approximate surface area is 203 Å². The van der Waals surface area contributed by atoms with Crippen molar-refractivity contribution in [1.29, 1.82) is 0 Å². The van der Waals surface area contributed by atoms with Crippen molar-refractivity contribution in [2.75, 3.05) is 24.7 Å². The van der Waals surface area contributed by atoms with E-state index in [1.54, 1.807) is 37.3 Å². The van der Waals surface area contributed by atoms with Gasteiger partial charge in [-0.15, -0.1) is 0 Å². The van der Waals surface area contributed by atoms with Crippen LogP contribution in [0.15, 0.2) is 42.5 Å². The Kier molecular flexibility index (Phi) is 5.88. The fraction of sp³-hybridized carbons (Fsp3) is 0.423. The van der Waals surface area contributed by atoms with Crippen molar-refractivity contribution >= 4 is 23.5 Å². The summed E-state index contributed by atoms with van der Waals surface area (Å²) >= 11 is 0. The lowest BCUT2D eigenvalue weighted by molar-refractivity contribution is -0.155. The van der Waals surface area contributed by atoms with Gasteiger partial charge in [-0.05, 0) is 43.2 Å². The Morgan fingerprint density at radius 1 is 1.09 bits per heavy atom. The standard InChI is InChI=1S/C26H28N2O7/c1-3-11-26(25(32)33-4-2)21-20(22(27-26)15-5-8-17(29)9-6-15)23(30)28(24(21)31)16-7-10-18-19(14-16)35-13-12-34-18/h5-10,14,20-22,27,29H,3-4,11-13H2,1-2H3/t20-,21-,22+,26-/m0/s1. The first-order valence-electron chi connectivity index (χ1n) is 11.9. The van der Waals surface area contributed by atoms with E-state index in [0.717, 1.165) is 4.90 Å². The van der Waals surface area contributed by atoms with E-state index in [1.807, 2.05) is 6.92 Å². The van der Waals surface area contributed by atoms with Crippen LogP contribution in [0.5, 0.6) is 17.2 Å². The van der Waals surface area contributed by atoms with Gasteiger partial charge in [0.05, 0.1) is 24.1 Å². The molecular weight excluding hydrogens is 452 g/mol. The van der Waals surface area contributed by atoms with Crippen LogP contribution in [-0.2, 0) is 19.1 Å². The third-order valence-corrected chi connectivity index (χ3v) is 6.97. The molecule has 2 amide bonds. The van der Waals surface area contributed by atoms with E-state index in [-0.39, 0.29) is 12.4 Å². The summed E-state index contributed by atoms with van der Waals surface area (Å²) in [6.45, 7) is 4.59. The highest BCUT2D eigenvalue weighted by molar-refractivity contribution is 6.24. The van der Waals surface area contributed by atoms with Gasteiger partial charge in [-0.3, -0.25) is 19.7 Å². The summed E-state index contributed by atoms with van der Waals surface area (Å²) in [5.41, 5.74) is -0.282. The van der Waals surface area contributed by atoms with Crippen molar-refractivity contribution in [2.24, 2.45) is 11.8 Å². The number of aromatic hydroxyl groups is 1. The molecule has 9 heteroatoms. The molecule has 0 unspecified atom stereocenters. The number of hydrogen-bond acceptors (Lipinski definition) is 8. The molecule has 5 rings (SSSR count). The second kappa shape index (κ2) is 8.88. The minimum Gasteiger partial charge on any atom is -0.508 e. The molecule has 3 aliphatic rings. The van der Waals surface area contributed by atoms with Crippen molar-refractivity contribution in [3.8, 4) is 17.2 Å². The molecule has 0 saturated carbocycles. The summed E-state index contributed by atoms with van der Waals surface area (Å²) < 4.78 is 16.7. The van der Waals surface area contributed by atoms with Gasteiger partial charge in [0.1, 0.15) is 24.5 Å². The number of carbonyl (C=O) groups excluding carboxylic acids is 3. The highest BCUT2D eigenvalue weighted by Crippen LogP contribution is 2.52. The summed E-state index contributed by atoms with van der Waals surface area (Å²) in [4.78, 5) is 42.4. The SMILES string of the molecule is CCC[C@]1(C(=O)OCC)N[C@H](c2ccc(O)cc2)[C@H]2C(=O)N(c3ccc4c(c3)OCCO4)C(=O)[C@H]21. The summed E-state index contributed by atoms with van der Waals surface area (Å²) in [5.74, 6) is -2.06. The molecule has 0 spiro atoms. The van der Waals surface area contributed by atoms with Crippen molar-refractivity contribution in [3.05, 3.63) is 48.0 Å². The molecule has 2 saturated heterocycles. The fourth-order valence-electron chi connectivity index (χ4n) is 5.57. The number of esters is 1. The highest BCUT2D eigenvalue weighted by Gasteiger charge is 2.68. The minimum atomic E-state index is -1.35. The number of nitrogens with zero attached hydrogens (tertiary/aromatic N) is 1. The number of phenols is 1. The number of phenolic OH excluding ortho intramolecular Hbond substituents is 1. The van der Waals surface area contributed by atoms with Crippen molar-refractivity contribution < 1.29 is 33.7 Å². The number of nitrogens with one attached hydrogen (secondary N) is 1. The summed E-state index contributed by atoms with van der Waals surface area (Å²) in [7, 11) is 0. The maximum absolute atomic E-state index is 13.9. The highest BCUT2D eigenvalue weighted by atomic mass is 16.6. The lowest BCUT2D eigenvalue weighted by Crippen LogP contribution is -2.56. The van der Waals surface area contributed by atoms with Gasteiger partial charge >= 0.3 is 5.97 Å². The Bertz CT molecular complexity index is 1160. The molecule has 0 radical (unpaired) electrons. The molecule has 3 heterocycles. The number of fused-ring (bicyclic) bond motifs is 2. The molecule has 2 aromatic carbocycles. The monoisotopic (exact) mass is 480 g/mol. The number of carbonyl (C=O) groups is 3. The van der Waals surface area contributed by atoms with Gasteiger partial charge in [0.2, 0.25) is 11.8 Å². The number of anilines is 1. The number of amides is 2. The number of imide groups is 1. The summed E-state index contributed by atoms with van der Waals surface area (Å²) in [6.07, 6.45) is 0.929. The normalized spacial score (nSPS) is 27.1. The van der Waals surface area contributed by atoms with Crippen LogP contribution in [0.1, 0.15) is 38.3 Å². The molecule has 0 aliphatic carbocycles. The van der Waals surface area contributed by atoms with Gasteiger partial charge in [0.25, 0.3) is 0 Å². The Morgan fingerprint density at radius 2 is 1.80 bits per heavy atom. The van der Waals surface area contributed by atoms with Crippen LogP contribution in [0.25, 0.3) is 0 Å². The largest absolute Gasteiger partial charge is 0.508 e. The lowest BCUT2D eigenvalue weighted by Gasteiger charge is -2.32. The van der Waals surface area contributed by atoms with Gasteiger partial charge in [-0.25, -0.2) is 4.90 Å². The quantitative estimate of drug-likeness (QED) is 0.479. The smallest absolute Gasteiger partial charge is 0.327 e. The van der Waals surface area contributed by atoms with Crippen LogP contribution < -0.4 is 19.7 Å². The van der Waals surface area contributed by atoms with E-state index >= 15 is 0 Å². The zero-order valence-electron chi connectivity index (χ0n) is 19.7. The van der Waals surface area contributed by atoms with Crippen LogP contribution in [0.3, 0.4) is 0 Å². The number of rotatable bonds is 6. The molecule has 35 heavy (non-hydrogen) atoms. The van der Waals surface area contributed by atoms with Crippen LogP contribution in [0.4, 0.5) is 5.69 Å². The Hall–Kier alpha value is -3.59. The molecule has 184 valence electrons. The first-order valence-corrected chi connectivity index (χ1v) is 11.9. The second-order valence-electron chi connectivity index (χ2n) is 9.00. The zero-order chi connectivity index (χ0) is 24.7. The van der Waals surface area contributed by atoms with Crippen LogP contribution >= 0.6 is 0 Å². The van der Waals surface area contributed by atoms with E-state index in [2.05, 4.69) is 5.32 Å². The number of benzene rings is 2. The molecule has 2 aromatic rings. The molecule has 2 N–H and O–H groups in total. The van der Waals surface area contributed by atoms with Gasteiger partial charge < -0.3 is 19.3 Å². The maximum atomic E-state index is 13.9. The van der Waals surface area contributed by atoms with E-state index in [9.17, 15) is 19.5 Å². The second-order valence-corrected chi connectivity index (χ2v) is 9.00.